The first-order valence-corrected chi connectivity index (χ1v) is 8.67. The van der Waals surface area contributed by atoms with E-state index in [1.54, 1.807) is 6.92 Å². The zero-order valence-electron chi connectivity index (χ0n) is 13.5. The van der Waals surface area contributed by atoms with Crippen molar-refractivity contribution in [2.45, 2.75) is 52.4 Å². The molecule has 2 heteroatoms. The molecule has 4 aliphatic rings. The Morgan fingerprint density at radius 2 is 2.00 bits per heavy atom. The number of fused-ring (bicyclic) bond motifs is 4. The van der Waals surface area contributed by atoms with Crippen LogP contribution in [0.5, 0.6) is 0 Å². The Hall–Kier alpha value is -1.44. The highest BCUT2D eigenvalue weighted by Gasteiger charge is 2.52. The van der Waals surface area contributed by atoms with Gasteiger partial charge in [0.2, 0.25) is 0 Å². The van der Waals surface area contributed by atoms with Gasteiger partial charge in [-0.1, -0.05) is 19.1 Å². The maximum absolute atomic E-state index is 12.0. The predicted molar refractivity (Wildman–Crippen MR) is 86.2 cm³/mol. The van der Waals surface area contributed by atoms with Crippen LogP contribution in [0.4, 0.5) is 0 Å². The normalized spacial score (nSPS) is 40.0. The molecule has 0 radical (unpaired) electrons. The lowest BCUT2D eigenvalue weighted by atomic mass is 9.59. The number of hydrogen-bond acceptors (Lipinski definition) is 2. The van der Waals surface area contributed by atoms with Gasteiger partial charge in [-0.25, -0.2) is 0 Å². The molecule has 0 aromatic rings. The largest absolute Gasteiger partial charge is 0.300 e. The van der Waals surface area contributed by atoms with Crippen LogP contribution in [0.3, 0.4) is 0 Å². The Morgan fingerprint density at radius 3 is 2.77 bits per heavy atom. The minimum Gasteiger partial charge on any atom is -0.300 e. The van der Waals surface area contributed by atoms with Crippen molar-refractivity contribution in [3.05, 3.63) is 34.9 Å². The Kier molecular flexibility index (Phi) is 3.08. The lowest BCUT2D eigenvalue weighted by molar-refractivity contribution is -0.123. The van der Waals surface area contributed by atoms with E-state index in [0.717, 1.165) is 25.7 Å². The molecule has 1 fully saturated rings. The molecular formula is C20H24O2. The van der Waals surface area contributed by atoms with Gasteiger partial charge in [-0.2, -0.15) is 0 Å². The van der Waals surface area contributed by atoms with Crippen LogP contribution in [-0.2, 0) is 9.59 Å². The molecule has 0 saturated heterocycles. The van der Waals surface area contributed by atoms with E-state index >= 15 is 0 Å². The predicted octanol–water partition coefficient (Wildman–Crippen LogP) is 4.17. The summed E-state index contributed by atoms with van der Waals surface area (Å²) in [4.78, 5) is 23.7. The number of carbonyl (C=O) groups is 2. The van der Waals surface area contributed by atoms with Crippen LogP contribution in [0.25, 0.3) is 0 Å². The van der Waals surface area contributed by atoms with Gasteiger partial charge in [-0.3, -0.25) is 9.59 Å². The Balaban J connectivity index is 1.79. The van der Waals surface area contributed by atoms with Gasteiger partial charge in [0.15, 0.2) is 5.78 Å². The summed E-state index contributed by atoms with van der Waals surface area (Å²) >= 11 is 0. The minimum atomic E-state index is 0.0479. The SMILES string of the molecule is CC(=O)C1CCC2C3CCC4=CC(=O)CCC4=C3C=CC12C. The molecule has 0 spiro atoms. The number of carbonyl (C=O) groups excluding carboxylic acids is 2. The number of Topliss-reactive ketones (excluding diaryl/α,β-unsaturated/α-hetero) is 1. The topological polar surface area (TPSA) is 34.1 Å². The highest BCUT2D eigenvalue weighted by Crippen LogP contribution is 2.59. The molecule has 0 bridgehead atoms. The molecule has 4 aliphatic carbocycles. The monoisotopic (exact) mass is 296 g/mol. The molecule has 0 aromatic carbocycles. The molecule has 22 heavy (non-hydrogen) atoms. The van der Waals surface area contributed by atoms with Crippen LogP contribution in [-0.4, -0.2) is 11.6 Å². The van der Waals surface area contributed by atoms with E-state index in [9.17, 15) is 9.59 Å². The molecule has 4 rings (SSSR count). The third-order valence-electron chi connectivity index (χ3n) is 6.73. The summed E-state index contributed by atoms with van der Waals surface area (Å²) in [5.74, 6) is 2.04. The van der Waals surface area contributed by atoms with Gasteiger partial charge in [-0.05, 0) is 79.1 Å². The van der Waals surface area contributed by atoms with Crippen LogP contribution >= 0.6 is 0 Å². The van der Waals surface area contributed by atoms with Crippen molar-refractivity contribution in [3.8, 4) is 0 Å². The van der Waals surface area contributed by atoms with Gasteiger partial charge in [0.1, 0.15) is 5.78 Å². The fraction of sp³-hybridized carbons (Fsp3) is 0.600. The van der Waals surface area contributed by atoms with Crippen LogP contribution in [0.15, 0.2) is 34.9 Å². The van der Waals surface area contributed by atoms with E-state index in [-0.39, 0.29) is 11.3 Å². The summed E-state index contributed by atoms with van der Waals surface area (Å²) in [7, 11) is 0. The number of allylic oxidation sites excluding steroid dienone is 6. The average Bonchev–Trinajstić information content (AvgIpc) is 2.84. The summed E-state index contributed by atoms with van der Waals surface area (Å²) in [6.45, 7) is 4.05. The summed E-state index contributed by atoms with van der Waals surface area (Å²) < 4.78 is 0. The molecule has 0 aliphatic heterocycles. The van der Waals surface area contributed by atoms with E-state index in [4.69, 9.17) is 0 Å². The first-order chi connectivity index (χ1) is 10.5. The smallest absolute Gasteiger partial charge is 0.156 e. The second-order valence-corrected chi connectivity index (χ2v) is 7.76. The van der Waals surface area contributed by atoms with Gasteiger partial charge < -0.3 is 0 Å². The second kappa shape index (κ2) is 4.78. The maximum Gasteiger partial charge on any atom is 0.156 e. The first-order valence-electron chi connectivity index (χ1n) is 8.67. The Morgan fingerprint density at radius 1 is 1.18 bits per heavy atom. The van der Waals surface area contributed by atoms with Crippen LogP contribution < -0.4 is 0 Å². The minimum absolute atomic E-state index is 0.0479. The number of hydrogen-bond donors (Lipinski definition) is 0. The maximum atomic E-state index is 12.0. The molecule has 1 saturated carbocycles. The van der Waals surface area contributed by atoms with Gasteiger partial charge in [0.25, 0.3) is 0 Å². The molecule has 0 N–H and O–H groups in total. The third kappa shape index (κ3) is 1.85. The molecule has 0 amide bonds. The van der Waals surface area contributed by atoms with Gasteiger partial charge in [-0.15, -0.1) is 0 Å². The van der Waals surface area contributed by atoms with E-state index in [1.165, 1.54) is 23.1 Å². The van der Waals surface area contributed by atoms with Crippen molar-refractivity contribution in [2.24, 2.45) is 23.2 Å². The molecule has 0 aromatic heterocycles. The van der Waals surface area contributed by atoms with Crippen molar-refractivity contribution in [2.75, 3.05) is 0 Å². The van der Waals surface area contributed by atoms with Crippen molar-refractivity contribution in [3.63, 3.8) is 0 Å². The van der Waals surface area contributed by atoms with Crippen molar-refractivity contribution in [1.29, 1.82) is 0 Å². The summed E-state index contributed by atoms with van der Waals surface area (Å²) in [6, 6.07) is 0. The number of rotatable bonds is 1. The Labute approximate surface area is 132 Å². The zero-order chi connectivity index (χ0) is 15.5. The van der Waals surface area contributed by atoms with Crippen molar-refractivity contribution < 1.29 is 9.59 Å². The van der Waals surface area contributed by atoms with Crippen molar-refractivity contribution >= 4 is 11.6 Å². The average molecular weight is 296 g/mol. The zero-order valence-corrected chi connectivity index (χ0v) is 13.5. The molecule has 2 nitrogen and oxygen atoms in total. The summed E-state index contributed by atoms with van der Waals surface area (Å²) in [5, 5.41) is 0. The van der Waals surface area contributed by atoms with E-state index in [2.05, 4.69) is 19.1 Å². The number of ketones is 2. The van der Waals surface area contributed by atoms with E-state index < -0.39 is 0 Å². The summed E-state index contributed by atoms with van der Waals surface area (Å²) in [5.41, 5.74) is 4.26. The lowest BCUT2D eigenvalue weighted by Gasteiger charge is -2.45. The van der Waals surface area contributed by atoms with E-state index in [0.29, 0.717) is 29.8 Å². The second-order valence-electron chi connectivity index (χ2n) is 7.76. The van der Waals surface area contributed by atoms with Gasteiger partial charge in [0.05, 0.1) is 0 Å². The standard InChI is InChI=1S/C20H24O2/c1-12(21)18-7-8-19-17-5-3-13-11-14(22)4-6-15(13)16(17)9-10-20(18,19)2/h9-11,17-19H,3-8H2,1-2H3. The van der Waals surface area contributed by atoms with Crippen LogP contribution in [0, 0.1) is 23.2 Å². The fourth-order valence-electron chi connectivity index (χ4n) is 5.66. The van der Waals surface area contributed by atoms with Gasteiger partial charge >= 0.3 is 0 Å². The molecule has 4 atom stereocenters. The highest BCUT2D eigenvalue weighted by atomic mass is 16.1. The first kappa shape index (κ1) is 14.2. The van der Waals surface area contributed by atoms with Crippen LogP contribution in [0.1, 0.15) is 52.4 Å². The van der Waals surface area contributed by atoms with Crippen LogP contribution in [0.2, 0.25) is 0 Å². The summed E-state index contributed by atoms with van der Waals surface area (Å²) in [6.07, 6.45) is 12.5. The molecule has 116 valence electrons. The van der Waals surface area contributed by atoms with Gasteiger partial charge in [0, 0.05) is 12.3 Å². The molecular weight excluding hydrogens is 272 g/mol. The quantitative estimate of drug-likeness (QED) is 0.727. The Bertz CT molecular complexity index is 649. The van der Waals surface area contributed by atoms with E-state index in [1.807, 2.05) is 6.08 Å². The lowest BCUT2D eigenvalue weighted by Crippen LogP contribution is -2.38. The third-order valence-corrected chi connectivity index (χ3v) is 6.73. The highest BCUT2D eigenvalue weighted by molar-refractivity contribution is 5.93. The molecule has 4 unspecified atom stereocenters. The van der Waals surface area contributed by atoms with Crippen molar-refractivity contribution in [1.82, 2.24) is 0 Å². The fourth-order valence-corrected chi connectivity index (χ4v) is 5.66. The molecule has 0 heterocycles.